The van der Waals surface area contributed by atoms with Gasteiger partial charge in [0, 0.05) is 30.0 Å². The lowest BCUT2D eigenvalue weighted by Gasteiger charge is -2.33. The van der Waals surface area contributed by atoms with Crippen molar-refractivity contribution in [3.8, 4) is 5.75 Å². The molecule has 0 saturated carbocycles. The lowest BCUT2D eigenvalue weighted by Crippen LogP contribution is -2.41. The van der Waals surface area contributed by atoms with Crippen LogP contribution < -0.4 is 15.0 Å². The van der Waals surface area contributed by atoms with Gasteiger partial charge in [-0.3, -0.25) is 4.79 Å². The predicted molar refractivity (Wildman–Crippen MR) is 95.0 cm³/mol. The Balaban J connectivity index is 1.66. The molecule has 1 fully saturated rings. The van der Waals surface area contributed by atoms with Crippen LogP contribution >= 0.6 is 0 Å². The minimum atomic E-state index is -0.151. The van der Waals surface area contributed by atoms with E-state index in [1.165, 1.54) is 0 Å². The highest BCUT2D eigenvalue weighted by Crippen LogP contribution is 2.21. The first-order chi connectivity index (χ1) is 11.7. The van der Waals surface area contributed by atoms with Crippen LogP contribution in [0.3, 0.4) is 0 Å². The van der Waals surface area contributed by atoms with Gasteiger partial charge in [-0.15, -0.1) is 0 Å². The van der Waals surface area contributed by atoms with E-state index in [-0.39, 0.29) is 12.0 Å². The number of benzene rings is 2. The van der Waals surface area contributed by atoms with Crippen LogP contribution in [0.2, 0.25) is 0 Å². The molecule has 2 aromatic rings. The summed E-state index contributed by atoms with van der Waals surface area (Å²) >= 11 is 0. The Kier molecular flexibility index (Phi) is 5.01. The summed E-state index contributed by atoms with van der Waals surface area (Å²) in [5.41, 5.74) is 2.48. The third-order valence-corrected chi connectivity index (χ3v) is 4.06. The summed E-state index contributed by atoms with van der Waals surface area (Å²) in [7, 11) is 1.59. The van der Waals surface area contributed by atoms with Crippen molar-refractivity contribution in [1.82, 2.24) is 0 Å². The van der Waals surface area contributed by atoms with E-state index >= 15 is 0 Å². The van der Waals surface area contributed by atoms with Crippen LogP contribution in [-0.2, 0) is 4.74 Å². The normalized spacial score (nSPS) is 17.4. The quantitative estimate of drug-likeness (QED) is 0.937. The summed E-state index contributed by atoms with van der Waals surface area (Å²) in [5.74, 6) is 0.515. The van der Waals surface area contributed by atoms with Crippen molar-refractivity contribution < 1.29 is 14.3 Å². The summed E-state index contributed by atoms with van der Waals surface area (Å²) in [6.07, 6.45) is 0.242. The van der Waals surface area contributed by atoms with Gasteiger partial charge in [0.15, 0.2) is 0 Å². The Morgan fingerprint density at radius 1 is 1.25 bits per heavy atom. The van der Waals surface area contributed by atoms with E-state index in [9.17, 15) is 4.79 Å². The number of rotatable bonds is 4. The predicted octanol–water partition coefficient (Wildman–Crippen LogP) is 3.17. The van der Waals surface area contributed by atoms with Crippen molar-refractivity contribution in [1.29, 1.82) is 0 Å². The molecule has 0 aromatic heterocycles. The summed E-state index contributed by atoms with van der Waals surface area (Å²) in [6, 6.07) is 15.0. The van der Waals surface area contributed by atoms with Crippen LogP contribution in [0.25, 0.3) is 0 Å². The van der Waals surface area contributed by atoms with Crippen molar-refractivity contribution >= 4 is 17.3 Å². The smallest absolute Gasteiger partial charge is 0.255 e. The van der Waals surface area contributed by atoms with Gasteiger partial charge in [0.05, 0.1) is 19.8 Å². The van der Waals surface area contributed by atoms with Crippen molar-refractivity contribution in [3.63, 3.8) is 0 Å². The lowest BCUT2D eigenvalue weighted by atomic mass is 10.2. The number of hydrogen-bond acceptors (Lipinski definition) is 4. The van der Waals surface area contributed by atoms with Gasteiger partial charge in [-0.05, 0) is 49.4 Å². The number of methoxy groups -OCH3 is 1. The van der Waals surface area contributed by atoms with Gasteiger partial charge in [-0.2, -0.15) is 0 Å². The fraction of sp³-hybridized carbons (Fsp3) is 0.316. The molecule has 1 saturated heterocycles. The van der Waals surface area contributed by atoms with Crippen LogP contribution in [0.1, 0.15) is 17.3 Å². The Morgan fingerprint density at radius 2 is 2.04 bits per heavy atom. The highest BCUT2D eigenvalue weighted by atomic mass is 16.5. The molecule has 0 aliphatic carbocycles. The summed E-state index contributed by atoms with van der Waals surface area (Å²) in [5, 5.41) is 2.91. The number of nitrogens with zero attached hydrogens (tertiary/aromatic N) is 1. The number of ether oxygens (including phenoxy) is 2. The molecule has 1 N–H and O–H groups in total. The standard InChI is InChI=1S/C19H22N2O3/c1-14-13-21(10-11-24-14)17-8-6-16(7-9-17)20-19(22)15-4-3-5-18(12-15)23-2/h3-9,12,14H,10-11,13H2,1-2H3,(H,20,22). The molecule has 1 aliphatic heterocycles. The van der Waals surface area contributed by atoms with E-state index in [0.29, 0.717) is 11.3 Å². The first-order valence-corrected chi connectivity index (χ1v) is 8.08. The molecule has 5 nitrogen and oxygen atoms in total. The number of carbonyl (C=O) groups is 1. The minimum Gasteiger partial charge on any atom is -0.497 e. The number of nitrogens with one attached hydrogen (secondary N) is 1. The van der Waals surface area contributed by atoms with E-state index in [1.54, 1.807) is 25.3 Å². The van der Waals surface area contributed by atoms with Crippen LogP contribution in [0.4, 0.5) is 11.4 Å². The van der Waals surface area contributed by atoms with Crippen molar-refractivity contribution in [2.45, 2.75) is 13.0 Å². The van der Waals surface area contributed by atoms with Gasteiger partial charge in [-0.1, -0.05) is 6.07 Å². The molecular formula is C19H22N2O3. The maximum absolute atomic E-state index is 12.3. The topological polar surface area (TPSA) is 50.8 Å². The lowest BCUT2D eigenvalue weighted by molar-refractivity contribution is 0.0532. The number of morpholine rings is 1. The molecule has 1 aliphatic rings. The average Bonchev–Trinajstić information content (AvgIpc) is 2.62. The zero-order valence-electron chi connectivity index (χ0n) is 14.0. The van der Waals surface area contributed by atoms with E-state index in [4.69, 9.17) is 9.47 Å². The molecule has 1 unspecified atom stereocenters. The van der Waals surface area contributed by atoms with Crippen molar-refractivity contribution in [3.05, 3.63) is 54.1 Å². The molecule has 0 bridgehead atoms. The summed E-state index contributed by atoms with van der Waals surface area (Å²) in [4.78, 5) is 14.6. The molecule has 0 spiro atoms. The van der Waals surface area contributed by atoms with Gasteiger partial charge in [0.2, 0.25) is 0 Å². The van der Waals surface area contributed by atoms with E-state index < -0.39 is 0 Å². The van der Waals surface area contributed by atoms with Gasteiger partial charge in [0.1, 0.15) is 5.75 Å². The third kappa shape index (κ3) is 3.86. The molecule has 1 heterocycles. The molecule has 1 amide bonds. The summed E-state index contributed by atoms with van der Waals surface area (Å²) < 4.78 is 10.7. The Hall–Kier alpha value is -2.53. The maximum Gasteiger partial charge on any atom is 0.255 e. The first-order valence-electron chi connectivity index (χ1n) is 8.08. The molecule has 3 rings (SSSR count). The van der Waals surface area contributed by atoms with Crippen molar-refractivity contribution in [2.75, 3.05) is 37.0 Å². The first kappa shape index (κ1) is 16.3. The number of anilines is 2. The fourth-order valence-electron chi connectivity index (χ4n) is 2.78. The minimum absolute atomic E-state index is 0.151. The SMILES string of the molecule is COc1cccc(C(=O)Nc2ccc(N3CCOC(C)C3)cc2)c1. The second kappa shape index (κ2) is 7.36. The Labute approximate surface area is 142 Å². The molecule has 24 heavy (non-hydrogen) atoms. The molecule has 126 valence electrons. The fourth-order valence-corrected chi connectivity index (χ4v) is 2.78. The average molecular weight is 326 g/mol. The largest absolute Gasteiger partial charge is 0.497 e. The van der Waals surface area contributed by atoms with Crippen LogP contribution in [0, 0.1) is 0 Å². The maximum atomic E-state index is 12.3. The third-order valence-electron chi connectivity index (χ3n) is 4.06. The van der Waals surface area contributed by atoms with E-state index in [1.807, 2.05) is 30.3 Å². The molecule has 1 atom stereocenters. The van der Waals surface area contributed by atoms with Gasteiger partial charge < -0.3 is 19.7 Å². The highest BCUT2D eigenvalue weighted by molar-refractivity contribution is 6.04. The number of carbonyl (C=O) groups excluding carboxylic acids is 1. The van der Waals surface area contributed by atoms with E-state index in [0.717, 1.165) is 31.1 Å². The van der Waals surface area contributed by atoms with Gasteiger partial charge in [0.25, 0.3) is 5.91 Å². The Morgan fingerprint density at radius 3 is 2.75 bits per heavy atom. The van der Waals surface area contributed by atoms with Crippen LogP contribution in [0.15, 0.2) is 48.5 Å². The molecule has 0 radical (unpaired) electrons. The Bertz CT molecular complexity index is 700. The highest BCUT2D eigenvalue weighted by Gasteiger charge is 2.17. The molecule has 5 heteroatoms. The van der Waals surface area contributed by atoms with Crippen LogP contribution in [-0.4, -0.2) is 38.8 Å². The number of hydrogen-bond donors (Lipinski definition) is 1. The van der Waals surface area contributed by atoms with Gasteiger partial charge >= 0.3 is 0 Å². The molecule has 2 aromatic carbocycles. The van der Waals surface area contributed by atoms with Crippen LogP contribution in [0.5, 0.6) is 5.75 Å². The zero-order chi connectivity index (χ0) is 16.9. The van der Waals surface area contributed by atoms with Gasteiger partial charge in [-0.25, -0.2) is 0 Å². The second-order valence-corrected chi connectivity index (χ2v) is 5.86. The summed E-state index contributed by atoms with van der Waals surface area (Å²) in [6.45, 7) is 4.60. The van der Waals surface area contributed by atoms with Crippen molar-refractivity contribution in [2.24, 2.45) is 0 Å². The molecular weight excluding hydrogens is 304 g/mol. The number of amides is 1. The zero-order valence-corrected chi connectivity index (χ0v) is 14.0. The second-order valence-electron chi connectivity index (χ2n) is 5.86. The van der Waals surface area contributed by atoms with E-state index in [2.05, 4.69) is 17.1 Å². The monoisotopic (exact) mass is 326 g/mol.